The molecule has 1 N–H and O–H groups in total. The molecule has 0 unspecified atom stereocenters. The van der Waals surface area contributed by atoms with E-state index >= 15 is 0 Å². The van der Waals surface area contributed by atoms with Gasteiger partial charge in [0.05, 0.1) is 5.69 Å². The molecule has 0 saturated carbocycles. The number of aromatic nitrogens is 3. The minimum atomic E-state index is -4.69. The fourth-order valence-electron chi connectivity index (χ4n) is 2.92. The van der Waals surface area contributed by atoms with Gasteiger partial charge in [0, 0.05) is 15.5 Å². The molecule has 2 aromatic heterocycles. The normalized spacial score (nSPS) is 11.6. The molecule has 0 radical (unpaired) electrons. The largest absolute Gasteiger partial charge is 0.433 e. The number of aryl methyl sites for hydroxylation is 1. The monoisotopic (exact) mass is 462 g/mol. The molecule has 0 fully saturated rings. The number of amides is 1. The van der Waals surface area contributed by atoms with Gasteiger partial charge in [0.1, 0.15) is 10.7 Å². The number of alkyl halides is 3. The molecule has 5 nitrogen and oxygen atoms in total. The third-order valence-corrected chi connectivity index (χ3v) is 5.70. The number of fused-ring (bicyclic) bond motifs is 1. The van der Waals surface area contributed by atoms with E-state index in [1.165, 1.54) is 18.7 Å². The topological polar surface area (TPSA) is 59.3 Å². The van der Waals surface area contributed by atoms with Crippen LogP contribution in [0.1, 0.15) is 21.9 Å². The quantitative estimate of drug-likeness (QED) is 0.397. The molecule has 2 aromatic carbocycles. The van der Waals surface area contributed by atoms with Crippen LogP contribution in [0.4, 0.5) is 18.9 Å². The van der Waals surface area contributed by atoms with E-state index in [2.05, 4.69) is 15.4 Å². The number of carbonyl (C=O) groups excluding carboxylic acids is 1. The first-order chi connectivity index (χ1) is 14.7. The molecule has 2 heterocycles. The van der Waals surface area contributed by atoms with Crippen molar-refractivity contribution in [3.05, 3.63) is 82.8 Å². The second-order valence-corrected chi connectivity index (χ2v) is 8.04. The van der Waals surface area contributed by atoms with Crippen molar-refractivity contribution in [1.29, 1.82) is 0 Å². The number of nitrogens with one attached hydrogen (secondary N) is 1. The zero-order chi connectivity index (χ0) is 22.2. The Balaban J connectivity index is 1.70. The number of nitrogens with zero attached hydrogens (tertiary/aromatic N) is 3. The smallest absolute Gasteiger partial charge is 0.319 e. The Bertz CT molecular complexity index is 1280. The number of rotatable bonds is 4. The predicted octanol–water partition coefficient (Wildman–Crippen LogP) is 6.11. The number of halogens is 4. The van der Waals surface area contributed by atoms with E-state index in [0.29, 0.717) is 10.2 Å². The predicted molar refractivity (Wildman–Crippen MR) is 113 cm³/mol. The highest BCUT2D eigenvalue weighted by molar-refractivity contribution is 7.99. The van der Waals surface area contributed by atoms with E-state index in [-0.39, 0.29) is 22.1 Å². The van der Waals surface area contributed by atoms with E-state index < -0.39 is 17.8 Å². The maximum absolute atomic E-state index is 13.4. The van der Waals surface area contributed by atoms with Gasteiger partial charge < -0.3 is 5.32 Å². The zero-order valence-electron chi connectivity index (χ0n) is 15.9. The number of carbonyl (C=O) groups is 1. The molecule has 0 aliphatic heterocycles. The van der Waals surface area contributed by atoms with Crippen molar-refractivity contribution < 1.29 is 18.0 Å². The summed E-state index contributed by atoms with van der Waals surface area (Å²) < 4.78 is 40.8. The van der Waals surface area contributed by atoms with Crippen LogP contribution >= 0.6 is 23.4 Å². The van der Waals surface area contributed by atoms with Crippen LogP contribution in [-0.2, 0) is 6.18 Å². The Morgan fingerprint density at radius 1 is 1.10 bits per heavy atom. The SMILES string of the molecule is Cc1cc(C(F)(F)F)n2nc(C(=O)Nc3ccccc3Sc3ccccc3)c(Cl)c2n1. The Kier molecular flexibility index (Phi) is 5.63. The Morgan fingerprint density at radius 3 is 2.48 bits per heavy atom. The molecular formula is C21H14ClF3N4OS. The summed E-state index contributed by atoms with van der Waals surface area (Å²) in [7, 11) is 0. The Morgan fingerprint density at radius 2 is 1.77 bits per heavy atom. The summed E-state index contributed by atoms with van der Waals surface area (Å²) in [6.45, 7) is 1.41. The van der Waals surface area contributed by atoms with E-state index in [9.17, 15) is 18.0 Å². The molecule has 0 saturated heterocycles. The first kappa shape index (κ1) is 21.2. The second-order valence-electron chi connectivity index (χ2n) is 6.54. The van der Waals surface area contributed by atoms with Gasteiger partial charge in [-0.25, -0.2) is 9.50 Å². The van der Waals surface area contributed by atoms with E-state index in [1.807, 2.05) is 42.5 Å². The molecule has 4 rings (SSSR count). The highest BCUT2D eigenvalue weighted by Gasteiger charge is 2.36. The van der Waals surface area contributed by atoms with Crippen LogP contribution in [0, 0.1) is 6.92 Å². The summed E-state index contributed by atoms with van der Waals surface area (Å²) in [6.07, 6.45) is -4.69. The molecule has 1 amide bonds. The molecular weight excluding hydrogens is 449 g/mol. The summed E-state index contributed by atoms with van der Waals surface area (Å²) in [4.78, 5) is 18.6. The molecule has 0 aliphatic carbocycles. The van der Waals surface area contributed by atoms with E-state index in [1.54, 1.807) is 12.1 Å². The summed E-state index contributed by atoms with van der Waals surface area (Å²) in [5.74, 6) is -0.734. The van der Waals surface area contributed by atoms with Crippen molar-refractivity contribution in [1.82, 2.24) is 14.6 Å². The van der Waals surface area contributed by atoms with Gasteiger partial charge in [-0.05, 0) is 37.3 Å². The van der Waals surface area contributed by atoms with Crippen LogP contribution in [0.2, 0.25) is 5.02 Å². The van der Waals surface area contributed by atoms with Crippen LogP contribution in [-0.4, -0.2) is 20.5 Å². The maximum atomic E-state index is 13.4. The summed E-state index contributed by atoms with van der Waals surface area (Å²) >= 11 is 7.64. The summed E-state index contributed by atoms with van der Waals surface area (Å²) in [5, 5.41) is 6.26. The zero-order valence-corrected chi connectivity index (χ0v) is 17.5. The molecule has 0 aliphatic rings. The fourth-order valence-corrected chi connectivity index (χ4v) is 4.08. The minimum Gasteiger partial charge on any atom is -0.319 e. The van der Waals surface area contributed by atoms with Gasteiger partial charge in [-0.3, -0.25) is 4.79 Å². The fraction of sp³-hybridized carbons (Fsp3) is 0.0952. The molecule has 0 atom stereocenters. The maximum Gasteiger partial charge on any atom is 0.433 e. The highest BCUT2D eigenvalue weighted by atomic mass is 35.5. The highest BCUT2D eigenvalue weighted by Crippen LogP contribution is 2.35. The molecule has 31 heavy (non-hydrogen) atoms. The summed E-state index contributed by atoms with van der Waals surface area (Å²) in [5.41, 5.74) is -1.04. The van der Waals surface area contributed by atoms with E-state index in [0.717, 1.165) is 15.9 Å². The molecule has 0 bridgehead atoms. The molecule has 0 spiro atoms. The van der Waals surface area contributed by atoms with Crippen molar-refractivity contribution in [3.8, 4) is 0 Å². The second kappa shape index (κ2) is 8.24. The number of benzene rings is 2. The van der Waals surface area contributed by atoms with Crippen LogP contribution in [0.3, 0.4) is 0 Å². The Labute approximate surface area is 184 Å². The standard InChI is InChI=1S/C21H14ClF3N4OS/c1-12-11-16(21(23,24)25)29-19(26-12)17(22)18(28-29)20(30)27-14-9-5-6-10-15(14)31-13-7-3-2-4-8-13/h2-11H,1H3,(H,27,30). The van der Waals surface area contributed by atoms with Crippen molar-refractivity contribution in [2.75, 3.05) is 5.32 Å². The number of hydrogen-bond acceptors (Lipinski definition) is 4. The van der Waals surface area contributed by atoms with Crippen LogP contribution < -0.4 is 5.32 Å². The lowest BCUT2D eigenvalue weighted by Gasteiger charge is -2.10. The molecule has 4 aromatic rings. The van der Waals surface area contributed by atoms with Gasteiger partial charge in [0.2, 0.25) is 0 Å². The number of para-hydroxylation sites is 1. The Hall–Kier alpha value is -3.04. The minimum absolute atomic E-state index is 0.109. The lowest BCUT2D eigenvalue weighted by atomic mass is 10.3. The van der Waals surface area contributed by atoms with Gasteiger partial charge in [-0.1, -0.05) is 53.7 Å². The third-order valence-electron chi connectivity index (χ3n) is 4.27. The van der Waals surface area contributed by atoms with Gasteiger partial charge in [-0.15, -0.1) is 0 Å². The van der Waals surface area contributed by atoms with Crippen LogP contribution in [0.25, 0.3) is 5.65 Å². The van der Waals surface area contributed by atoms with Crippen molar-refractivity contribution >= 4 is 40.6 Å². The van der Waals surface area contributed by atoms with Crippen molar-refractivity contribution in [3.63, 3.8) is 0 Å². The van der Waals surface area contributed by atoms with Crippen molar-refractivity contribution in [2.24, 2.45) is 0 Å². The summed E-state index contributed by atoms with van der Waals surface area (Å²) in [6, 6.07) is 17.5. The van der Waals surface area contributed by atoms with Gasteiger partial charge in [-0.2, -0.15) is 18.3 Å². The number of hydrogen-bond donors (Lipinski definition) is 1. The lowest BCUT2D eigenvalue weighted by Crippen LogP contribution is -2.16. The van der Waals surface area contributed by atoms with Gasteiger partial charge in [0.15, 0.2) is 11.3 Å². The molecule has 158 valence electrons. The average molecular weight is 463 g/mol. The third kappa shape index (κ3) is 4.38. The first-order valence-electron chi connectivity index (χ1n) is 9.00. The first-order valence-corrected chi connectivity index (χ1v) is 10.2. The lowest BCUT2D eigenvalue weighted by molar-refractivity contribution is -0.142. The van der Waals surface area contributed by atoms with Crippen molar-refractivity contribution in [2.45, 2.75) is 22.9 Å². The average Bonchev–Trinajstić information content (AvgIpc) is 3.05. The number of anilines is 1. The van der Waals surface area contributed by atoms with Crippen LogP contribution in [0.15, 0.2) is 70.5 Å². The van der Waals surface area contributed by atoms with Gasteiger partial charge >= 0.3 is 6.18 Å². The van der Waals surface area contributed by atoms with Gasteiger partial charge in [0.25, 0.3) is 5.91 Å². The molecule has 10 heteroatoms. The van der Waals surface area contributed by atoms with E-state index in [4.69, 9.17) is 11.6 Å². The van der Waals surface area contributed by atoms with Crippen LogP contribution in [0.5, 0.6) is 0 Å².